The Balaban J connectivity index is 1.88. The quantitative estimate of drug-likeness (QED) is 0.251. The molecule has 0 aliphatic carbocycles. The molecule has 1 N–H and O–H groups in total. The van der Waals surface area contributed by atoms with Gasteiger partial charge in [0.25, 0.3) is 0 Å². The molecule has 2 amide bonds. The number of nitrogens with zero attached hydrogens (tertiary/aromatic N) is 1. The number of carbonyl (C=O) groups excluding carboxylic acids is 2. The van der Waals surface area contributed by atoms with Crippen LogP contribution in [0.25, 0.3) is 0 Å². The van der Waals surface area contributed by atoms with Crippen molar-refractivity contribution in [2.24, 2.45) is 0 Å². The number of hydrogen-bond donors (Lipinski definition) is 1. The van der Waals surface area contributed by atoms with Crippen LogP contribution in [0, 0.1) is 0 Å². The molecule has 37 heavy (non-hydrogen) atoms. The summed E-state index contributed by atoms with van der Waals surface area (Å²) in [6.07, 6.45) is 0.656. The van der Waals surface area contributed by atoms with E-state index in [0.717, 1.165) is 16.0 Å². The summed E-state index contributed by atoms with van der Waals surface area (Å²) in [5.41, 5.74) is 1.32. The van der Waals surface area contributed by atoms with E-state index in [9.17, 15) is 9.59 Å². The highest BCUT2D eigenvalue weighted by Crippen LogP contribution is 2.26. The fourth-order valence-electron chi connectivity index (χ4n) is 3.77. The van der Waals surface area contributed by atoms with Crippen LogP contribution in [-0.2, 0) is 22.6 Å². The van der Waals surface area contributed by atoms with Crippen molar-refractivity contribution in [3.63, 3.8) is 0 Å². The van der Waals surface area contributed by atoms with Crippen LogP contribution in [0.15, 0.2) is 77.7 Å². The SMILES string of the molecule is CC(C)(C)NC(=O)[C@@H](Cc1ccccc1)N(Cc1ccc(Cl)c(Cl)c1)C(=O)CCSc1ccc(Cl)cc1. The van der Waals surface area contributed by atoms with Crippen molar-refractivity contribution in [2.75, 3.05) is 5.75 Å². The minimum atomic E-state index is -0.705. The summed E-state index contributed by atoms with van der Waals surface area (Å²) in [6.45, 7) is 6.02. The van der Waals surface area contributed by atoms with Gasteiger partial charge < -0.3 is 10.2 Å². The Labute approximate surface area is 238 Å². The highest BCUT2D eigenvalue weighted by atomic mass is 35.5. The van der Waals surface area contributed by atoms with Crippen molar-refractivity contribution in [1.82, 2.24) is 10.2 Å². The Hall–Kier alpha value is -2.18. The van der Waals surface area contributed by atoms with E-state index >= 15 is 0 Å². The van der Waals surface area contributed by atoms with Crippen molar-refractivity contribution in [2.45, 2.75) is 56.6 Å². The van der Waals surface area contributed by atoms with Gasteiger partial charge in [-0.1, -0.05) is 71.2 Å². The zero-order valence-corrected chi connectivity index (χ0v) is 24.2. The van der Waals surface area contributed by atoms with Crippen LogP contribution < -0.4 is 5.32 Å². The van der Waals surface area contributed by atoms with Gasteiger partial charge in [-0.2, -0.15) is 0 Å². The van der Waals surface area contributed by atoms with Gasteiger partial charge in [-0.3, -0.25) is 9.59 Å². The second-order valence-electron chi connectivity index (χ2n) is 9.77. The van der Waals surface area contributed by atoms with Crippen LogP contribution in [0.2, 0.25) is 15.1 Å². The molecule has 0 heterocycles. The summed E-state index contributed by atoms with van der Waals surface area (Å²) in [4.78, 5) is 30.0. The monoisotopic (exact) mass is 576 g/mol. The molecule has 0 radical (unpaired) electrons. The number of benzene rings is 3. The zero-order valence-electron chi connectivity index (χ0n) is 21.1. The second-order valence-corrected chi connectivity index (χ2v) is 12.2. The van der Waals surface area contributed by atoms with Gasteiger partial charge in [0.1, 0.15) is 6.04 Å². The predicted molar refractivity (Wildman–Crippen MR) is 156 cm³/mol. The molecule has 0 fully saturated rings. The van der Waals surface area contributed by atoms with Gasteiger partial charge in [0, 0.05) is 40.6 Å². The Bertz CT molecular complexity index is 1200. The maximum Gasteiger partial charge on any atom is 0.243 e. The fourth-order valence-corrected chi connectivity index (χ4v) is 5.06. The fraction of sp³-hybridized carbons (Fsp3) is 0.310. The zero-order chi connectivity index (χ0) is 27.0. The van der Waals surface area contributed by atoms with E-state index < -0.39 is 11.6 Å². The lowest BCUT2D eigenvalue weighted by Crippen LogP contribution is -2.54. The minimum Gasteiger partial charge on any atom is -0.350 e. The third-order valence-corrected chi connectivity index (χ3v) is 7.51. The Morgan fingerprint density at radius 3 is 2.19 bits per heavy atom. The van der Waals surface area contributed by atoms with E-state index in [1.807, 2.05) is 81.4 Å². The summed E-state index contributed by atoms with van der Waals surface area (Å²) in [5, 5.41) is 4.58. The lowest BCUT2D eigenvalue weighted by Gasteiger charge is -2.34. The number of carbonyl (C=O) groups is 2. The molecule has 0 saturated heterocycles. The third kappa shape index (κ3) is 9.57. The predicted octanol–water partition coefficient (Wildman–Crippen LogP) is 7.68. The molecule has 8 heteroatoms. The molecular weight excluding hydrogens is 547 g/mol. The van der Waals surface area contributed by atoms with Crippen LogP contribution >= 0.6 is 46.6 Å². The number of amides is 2. The van der Waals surface area contributed by atoms with Gasteiger partial charge in [0.2, 0.25) is 11.8 Å². The first kappa shape index (κ1) is 29.4. The smallest absolute Gasteiger partial charge is 0.243 e. The molecule has 0 aromatic heterocycles. The standard InChI is InChI=1S/C29H31Cl3N2O2S/c1-29(2,3)33-28(36)26(18-20-7-5-4-6-8-20)34(19-21-9-14-24(31)25(32)17-21)27(35)15-16-37-23-12-10-22(30)11-13-23/h4-14,17,26H,15-16,18-19H2,1-3H3,(H,33,36)/t26-/m1/s1. The molecule has 3 aromatic rings. The second kappa shape index (κ2) is 13.6. The maximum atomic E-state index is 13.7. The van der Waals surface area contributed by atoms with E-state index in [-0.39, 0.29) is 24.8 Å². The van der Waals surface area contributed by atoms with Crippen molar-refractivity contribution < 1.29 is 9.59 Å². The molecule has 0 aliphatic heterocycles. The van der Waals surface area contributed by atoms with Crippen molar-refractivity contribution in [3.05, 3.63) is 99.0 Å². The van der Waals surface area contributed by atoms with Crippen LogP contribution in [0.3, 0.4) is 0 Å². The van der Waals surface area contributed by atoms with E-state index in [0.29, 0.717) is 27.2 Å². The Kier molecular flexibility index (Phi) is 10.8. The Morgan fingerprint density at radius 1 is 0.892 bits per heavy atom. The molecule has 0 aliphatic rings. The van der Waals surface area contributed by atoms with Crippen LogP contribution in [0.4, 0.5) is 0 Å². The molecule has 1 atom stereocenters. The first-order valence-corrected chi connectivity index (χ1v) is 14.1. The molecule has 0 unspecified atom stereocenters. The normalized spacial score (nSPS) is 12.2. The minimum absolute atomic E-state index is 0.113. The number of nitrogens with one attached hydrogen (secondary N) is 1. The molecular formula is C29H31Cl3N2O2S. The molecule has 4 nitrogen and oxygen atoms in total. The van der Waals surface area contributed by atoms with Crippen LogP contribution in [0.1, 0.15) is 38.3 Å². The average Bonchev–Trinajstić information content (AvgIpc) is 2.84. The maximum absolute atomic E-state index is 13.7. The van der Waals surface area contributed by atoms with Crippen molar-refractivity contribution in [3.8, 4) is 0 Å². The van der Waals surface area contributed by atoms with Gasteiger partial charge in [-0.25, -0.2) is 0 Å². The third-order valence-electron chi connectivity index (χ3n) is 5.50. The molecule has 0 bridgehead atoms. The molecule has 196 valence electrons. The van der Waals surface area contributed by atoms with Gasteiger partial charge in [0.05, 0.1) is 10.0 Å². The van der Waals surface area contributed by atoms with Crippen LogP contribution in [0.5, 0.6) is 0 Å². The van der Waals surface area contributed by atoms with Crippen molar-refractivity contribution in [1.29, 1.82) is 0 Å². The van der Waals surface area contributed by atoms with E-state index in [2.05, 4.69) is 5.32 Å². The van der Waals surface area contributed by atoms with E-state index in [1.54, 1.807) is 28.8 Å². The lowest BCUT2D eigenvalue weighted by atomic mass is 10.0. The molecule has 0 spiro atoms. The first-order valence-electron chi connectivity index (χ1n) is 12.0. The van der Waals surface area contributed by atoms with Gasteiger partial charge in [-0.05, 0) is 68.3 Å². The summed E-state index contributed by atoms with van der Waals surface area (Å²) in [5.74, 6) is 0.254. The summed E-state index contributed by atoms with van der Waals surface area (Å²) in [6, 6.07) is 21.8. The van der Waals surface area contributed by atoms with Crippen molar-refractivity contribution >= 4 is 58.4 Å². The van der Waals surface area contributed by atoms with E-state index in [4.69, 9.17) is 34.8 Å². The highest BCUT2D eigenvalue weighted by molar-refractivity contribution is 7.99. The number of hydrogen-bond acceptors (Lipinski definition) is 3. The summed E-state index contributed by atoms with van der Waals surface area (Å²) >= 11 is 20.0. The topological polar surface area (TPSA) is 49.4 Å². The molecule has 3 rings (SSSR count). The van der Waals surface area contributed by atoms with Gasteiger partial charge in [0.15, 0.2) is 0 Å². The average molecular weight is 578 g/mol. The Morgan fingerprint density at radius 2 is 1.57 bits per heavy atom. The highest BCUT2D eigenvalue weighted by Gasteiger charge is 2.32. The number of rotatable bonds is 10. The summed E-state index contributed by atoms with van der Waals surface area (Å²) in [7, 11) is 0. The summed E-state index contributed by atoms with van der Waals surface area (Å²) < 4.78 is 0. The number of thioether (sulfide) groups is 1. The molecule has 0 saturated carbocycles. The largest absolute Gasteiger partial charge is 0.350 e. The number of halogens is 3. The first-order chi connectivity index (χ1) is 17.5. The van der Waals surface area contributed by atoms with E-state index in [1.165, 1.54) is 0 Å². The lowest BCUT2D eigenvalue weighted by molar-refractivity contribution is -0.141. The van der Waals surface area contributed by atoms with Gasteiger partial charge >= 0.3 is 0 Å². The van der Waals surface area contributed by atoms with Gasteiger partial charge in [-0.15, -0.1) is 11.8 Å². The molecule has 3 aromatic carbocycles. The van der Waals surface area contributed by atoms with Crippen LogP contribution in [-0.4, -0.2) is 34.0 Å².